The van der Waals surface area contributed by atoms with E-state index in [4.69, 9.17) is 17.3 Å². The van der Waals surface area contributed by atoms with Crippen molar-refractivity contribution >= 4 is 11.6 Å². The third kappa shape index (κ3) is 1.04. The van der Waals surface area contributed by atoms with Gasteiger partial charge in [0.1, 0.15) is 5.15 Å². The first kappa shape index (κ1) is 8.69. The lowest BCUT2D eigenvalue weighted by atomic mass is 9.90. The minimum atomic E-state index is 0.0324. The number of pyridine rings is 1. The number of nitrogens with zero attached hydrogens (tertiary/aromatic N) is 1. The monoisotopic (exact) mass is 208 g/mol. The second kappa shape index (κ2) is 2.50. The third-order valence-electron chi connectivity index (χ3n) is 3.70. The van der Waals surface area contributed by atoms with Crippen LogP contribution >= 0.6 is 11.6 Å². The van der Waals surface area contributed by atoms with Gasteiger partial charge in [0.2, 0.25) is 0 Å². The molecular formula is C11H13ClN2. The van der Waals surface area contributed by atoms with Crippen LogP contribution in [0.2, 0.25) is 5.15 Å². The zero-order chi connectivity index (χ0) is 9.81. The van der Waals surface area contributed by atoms with Crippen molar-refractivity contribution < 1.29 is 0 Å². The Hall–Kier alpha value is -0.600. The minimum absolute atomic E-state index is 0.0324. The van der Waals surface area contributed by atoms with E-state index in [1.54, 1.807) is 0 Å². The van der Waals surface area contributed by atoms with Gasteiger partial charge < -0.3 is 5.73 Å². The molecule has 1 heterocycles. The zero-order valence-electron chi connectivity index (χ0n) is 7.96. The Kier molecular flexibility index (Phi) is 1.55. The second-order valence-electron chi connectivity index (χ2n) is 4.58. The van der Waals surface area contributed by atoms with Crippen LogP contribution in [0.25, 0.3) is 0 Å². The van der Waals surface area contributed by atoms with Crippen molar-refractivity contribution in [2.24, 2.45) is 5.73 Å². The number of halogens is 1. The SMILES string of the molecule is NC1(C2(c3cccc(Cl)n3)CC2)CC1. The van der Waals surface area contributed by atoms with E-state index in [0.29, 0.717) is 5.15 Å². The van der Waals surface area contributed by atoms with Crippen LogP contribution in [0, 0.1) is 0 Å². The molecule has 0 bridgehead atoms. The normalized spacial score (nSPS) is 25.9. The summed E-state index contributed by atoms with van der Waals surface area (Å²) in [5, 5.41) is 0.582. The fourth-order valence-electron chi connectivity index (χ4n) is 2.42. The van der Waals surface area contributed by atoms with E-state index in [2.05, 4.69) is 11.1 Å². The maximum atomic E-state index is 6.29. The Morgan fingerprint density at radius 1 is 1.21 bits per heavy atom. The van der Waals surface area contributed by atoms with E-state index < -0.39 is 0 Å². The summed E-state index contributed by atoms with van der Waals surface area (Å²) in [5.74, 6) is 0. The molecule has 3 rings (SSSR count). The average Bonchev–Trinajstić information content (AvgIpc) is 2.98. The molecule has 0 saturated heterocycles. The number of nitrogens with two attached hydrogens (primary N) is 1. The predicted molar refractivity (Wildman–Crippen MR) is 56.3 cm³/mol. The Morgan fingerprint density at radius 3 is 2.43 bits per heavy atom. The van der Waals surface area contributed by atoms with Crippen molar-refractivity contribution in [2.75, 3.05) is 0 Å². The van der Waals surface area contributed by atoms with Gasteiger partial charge in [-0.05, 0) is 37.8 Å². The molecule has 2 nitrogen and oxygen atoms in total. The summed E-state index contributed by atoms with van der Waals surface area (Å²) in [6.07, 6.45) is 4.63. The highest BCUT2D eigenvalue weighted by molar-refractivity contribution is 6.29. The molecule has 0 aliphatic heterocycles. The summed E-state index contributed by atoms with van der Waals surface area (Å²) in [7, 11) is 0. The summed E-state index contributed by atoms with van der Waals surface area (Å²) < 4.78 is 0. The topological polar surface area (TPSA) is 38.9 Å². The molecule has 2 aliphatic carbocycles. The molecule has 0 unspecified atom stereocenters. The molecule has 0 atom stereocenters. The smallest absolute Gasteiger partial charge is 0.129 e. The van der Waals surface area contributed by atoms with E-state index in [1.165, 1.54) is 12.8 Å². The highest BCUT2D eigenvalue weighted by Gasteiger charge is 2.64. The van der Waals surface area contributed by atoms with Gasteiger partial charge >= 0.3 is 0 Å². The van der Waals surface area contributed by atoms with Crippen LogP contribution in [0.15, 0.2) is 18.2 Å². The molecule has 1 aromatic heterocycles. The van der Waals surface area contributed by atoms with Gasteiger partial charge in [-0.1, -0.05) is 17.7 Å². The number of aromatic nitrogens is 1. The van der Waals surface area contributed by atoms with E-state index in [0.717, 1.165) is 18.5 Å². The van der Waals surface area contributed by atoms with Gasteiger partial charge in [-0.15, -0.1) is 0 Å². The standard InChI is InChI=1S/C11H13ClN2/c12-9-3-1-2-8(14-9)10(4-5-10)11(13)6-7-11/h1-3H,4-7,13H2. The van der Waals surface area contributed by atoms with Crippen LogP contribution in [-0.2, 0) is 5.41 Å². The van der Waals surface area contributed by atoms with Crippen molar-refractivity contribution in [3.05, 3.63) is 29.0 Å². The lowest BCUT2D eigenvalue weighted by Crippen LogP contribution is -2.37. The van der Waals surface area contributed by atoms with Gasteiger partial charge in [0, 0.05) is 11.0 Å². The molecule has 3 heteroatoms. The average molecular weight is 209 g/mol. The fourth-order valence-corrected chi connectivity index (χ4v) is 2.59. The Morgan fingerprint density at radius 2 is 1.93 bits per heavy atom. The Balaban J connectivity index is 2.02. The number of hydrogen-bond acceptors (Lipinski definition) is 2. The summed E-state index contributed by atoms with van der Waals surface area (Å²) in [5.41, 5.74) is 7.58. The van der Waals surface area contributed by atoms with Crippen LogP contribution in [-0.4, -0.2) is 10.5 Å². The second-order valence-corrected chi connectivity index (χ2v) is 4.97. The van der Waals surface area contributed by atoms with Gasteiger partial charge in [-0.25, -0.2) is 4.98 Å². The highest BCUT2D eigenvalue weighted by Crippen LogP contribution is 2.63. The van der Waals surface area contributed by atoms with Gasteiger partial charge in [-0.2, -0.15) is 0 Å². The summed E-state index contributed by atoms with van der Waals surface area (Å²) >= 11 is 5.90. The largest absolute Gasteiger partial charge is 0.324 e. The molecule has 0 spiro atoms. The van der Waals surface area contributed by atoms with E-state index in [9.17, 15) is 0 Å². The van der Waals surface area contributed by atoms with E-state index in [-0.39, 0.29) is 11.0 Å². The van der Waals surface area contributed by atoms with Crippen molar-refractivity contribution in [3.63, 3.8) is 0 Å². The summed E-state index contributed by atoms with van der Waals surface area (Å²) in [6.45, 7) is 0. The van der Waals surface area contributed by atoms with Crippen LogP contribution in [0.5, 0.6) is 0 Å². The molecule has 0 radical (unpaired) electrons. The van der Waals surface area contributed by atoms with Gasteiger partial charge in [0.05, 0.1) is 5.69 Å². The molecule has 14 heavy (non-hydrogen) atoms. The molecule has 2 fully saturated rings. The first-order valence-electron chi connectivity index (χ1n) is 5.08. The first-order valence-corrected chi connectivity index (χ1v) is 5.46. The van der Waals surface area contributed by atoms with Crippen molar-refractivity contribution in [1.29, 1.82) is 0 Å². The zero-order valence-corrected chi connectivity index (χ0v) is 8.72. The lowest BCUT2D eigenvalue weighted by molar-refractivity contribution is 0.491. The van der Waals surface area contributed by atoms with Gasteiger partial charge in [0.25, 0.3) is 0 Å². The third-order valence-corrected chi connectivity index (χ3v) is 3.91. The van der Waals surface area contributed by atoms with Gasteiger partial charge in [-0.3, -0.25) is 0 Å². The Labute approximate surface area is 88.5 Å². The molecule has 2 saturated carbocycles. The van der Waals surface area contributed by atoms with Crippen LogP contribution < -0.4 is 5.73 Å². The molecule has 74 valence electrons. The highest BCUT2D eigenvalue weighted by atomic mass is 35.5. The van der Waals surface area contributed by atoms with Crippen LogP contribution in [0.4, 0.5) is 0 Å². The summed E-state index contributed by atoms with van der Waals surface area (Å²) in [4.78, 5) is 4.40. The van der Waals surface area contributed by atoms with E-state index in [1.807, 2.05) is 12.1 Å². The van der Waals surface area contributed by atoms with Crippen molar-refractivity contribution in [2.45, 2.75) is 36.6 Å². The molecule has 1 aromatic rings. The van der Waals surface area contributed by atoms with Crippen molar-refractivity contribution in [1.82, 2.24) is 4.98 Å². The maximum Gasteiger partial charge on any atom is 0.129 e. The predicted octanol–water partition coefficient (Wildman–Crippen LogP) is 2.26. The summed E-state index contributed by atoms with van der Waals surface area (Å²) in [6, 6.07) is 5.85. The molecular weight excluding hydrogens is 196 g/mol. The molecule has 2 N–H and O–H groups in total. The minimum Gasteiger partial charge on any atom is -0.324 e. The maximum absolute atomic E-state index is 6.29. The molecule has 2 aliphatic rings. The quantitative estimate of drug-likeness (QED) is 0.758. The van der Waals surface area contributed by atoms with E-state index >= 15 is 0 Å². The Bertz CT molecular complexity index is 381. The molecule has 0 aromatic carbocycles. The van der Waals surface area contributed by atoms with Crippen LogP contribution in [0.1, 0.15) is 31.4 Å². The number of hydrogen-bond donors (Lipinski definition) is 1. The lowest BCUT2D eigenvalue weighted by Gasteiger charge is -2.22. The van der Waals surface area contributed by atoms with Gasteiger partial charge in [0.15, 0.2) is 0 Å². The van der Waals surface area contributed by atoms with Crippen molar-refractivity contribution in [3.8, 4) is 0 Å². The first-order chi connectivity index (χ1) is 6.66. The van der Waals surface area contributed by atoms with Crippen LogP contribution in [0.3, 0.4) is 0 Å². The fraction of sp³-hybridized carbons (Fsp3) is 0.545. The number of rotatable bonds is 2. The molecule has 0 amide bonds.